The van der Waals surface area contributed by atoms with Gasteiger partial charge in [0.15, 0.2) is 15.8 Å². The minimum Gasteiger partial charge on any atom is -0.493 e. The number of hydrogen-bond acceptors (Lipinski definition) is 5. The molecule has 1 amide bonds. The topological polar surface area (TPSA) is 38.8 Å². The summed E-state index contributed by atoms with van der Waals surface area (Å²) in [6.45, 7) is 2.50. The van der Waals surface area contributed by atoms with Crippen LogP contribution in [-0.4, -0.2) is 17.3 Å². The van der Waals surface area contributed by atoms with Crippen molar-refractivity contribution in [2.45, 2.75) is 13.5 Å². The summed E-state index contributed by atoms with van der Waals surface area (Å²) >= 11 is 12.4. The molecule has 3 aromatic rings. The maximum Gasteiger partial charge on any atom is 0.270 e. The molecule has 33 heavy (non-hydrogen) atoms. The Bertz CT molecular complexity index is 1240. The molecule has 0 spiro atoms. The number of carbonyl (C=O) groups is 1. The highest BCUT2D eigenvalue weighted by Crippen LogP contribution is 2.39. The lowest BCUT2D eigenvalue weighted by atomic mass is 10.1. The number of rotatable bonds is 6. The van der Waals surface area contributed by atoms with Gasteiger partial charge < -0.3 is 9.47 Å². The SMILES string of the molecule is COc1cc(/C=C2\SC(=S)N(c3ccc(Br)cc3)C2=O)cc(I)c1OCc1ccc(C)cc1. The minimum atomic E-state index is -0.138. The van der Waals surface area contributed by atoms with E-state index in [9.17, 15) is 4.79 Å². The Labute approximate surface area is 224 Å². The first-order valence-electron chi connectivity index (χ1n) is 9.95. The molecule has 8 heteroatoms. The number of hydrogen-bond donors (Lipinski definition) is 0. The molecule has 0 saturated carbocycles. The largest absolute Gasteiger partial charge is 0.493 e. The fourth-order valence-corrected chi connectivity index (χ4v) is 5.58. The van der Waals surface area contributed by atoms with Crippen LogP contribution in [0.2, 0.25) is 0 Å². The molecule has 168 valence electrons. The third kappa shape index (κ3) is 5.62. The second-order valence-electron chi connectivity index (χ2n) is 7.30. The molecule has 0 radical (unpaired) electrons. The van der Waals surface area contributed by atoms with Crippen LogP contribution in [0.15, 0.2) is 70.0 Å². The van der Waals surface area contributed by atoms with E-state index in [-0.39, 0.29) is 5.91 Å². The Morgan fingerprint density at radius 2 is 1.82 bits per heavy atom. The van der Waals surface area contributed by atoms with Crippen molar-refractivity contribution in [2.75, 3.05) is 12.0 Å². The monoisotopic (exact) mass is 651 g/mol. The summed E-state index contributed by atoms with van der Waals surface area (Å²) in [6.07, 6.45) is 1.84. The van der Waals surface area contributed by atoms with E-state index in [0.29, 0.717) is 27.3 Å². The van der Waals surface area contributed by atoms with Gasteiger partial charge in [-0.2, -0.15) is 0 Å². The van der Waals surface area contributed by atoms with Crippen molar-refractivity contribution in [2.24, 2.45) is 0 Å². The number of thioether (sulfide) groups is 1. The average Bonchev–Trinajstić information content (AvgIpc) is 3.07. The second-order valence-corrected chi connectivity index (χ2v) is 11.1. The van der Waals surface area contributed by atoms with Crippen LogP contribution in [-0.2, 0) is 11.4 Å². The van der Waals surface area contributed by atoms with Crippen molar-refractivity contribution in [3.63, 3.8) is 0 Å². The predicted octanol–water partition coefficient (Wildman–Crippen LogP) is 7.36. The Kier molecular flexibility index (Phi) is 7.78. The number of thiocarbonyl (C=S) groups is 1. The molecule has 1 aliphatic heterocycles. The Hall–Kier alpha value is -1.88. The van der Waals surface area contributed by atoms with Gasteiger partial charge in [-0.15, -0.1) is 0 Å². The van der Waals surface area contributed by atoms with Crippen molar-refractivity contribution < 1.29 is 14.3 Å². The maximum absolute atomic E-state index is 13.1. The number of methoxy groups -OCH3 is 1. The van der Waals surface area contributed by atoms with Crippen LogP contribution in [0.25, 0.3) is 6.08 Å². The summed E-state index contributed by atoms with van der Waals surface area (Å²) in [6, 6.07) is 19.6. The molecule has 0 atom stereocenters. The van der Waals surface area contributed by atoms with Gasteiger partial charge in [-0.1, -0.05) is 69.7 Å². The number of ether oxygens (including phenoxy) is 2. The molecular weight excluding hydrogens is 633 g/mol. The van der Waals surface area contributed by atoms with Crippen LogP contribution < -0.4 is 14.4 Å². The summed E-state index contributed by atoms with van der Waals surface area (Å²) in [5.74, 6) is 1.16. The highest BCUT2D eigenvalue weighted by molar-refractivity contribution is 14.1. The summed E-state index contributed by atoms with van der Waals surface area (Å²) in [7, 11) is 1.61. The summed E-state index contributed by atoms with van der Waals surface area (Å²) in [4.78, 5) is 15.2. The van der Waals surface area contributed by atoms with E-state index >= 15 is 0 Å². The molecule has 0 unspecified atom stereocenters. The standard InChI is InChI=1S/C25H19BrINO3S2/c1-15-3-5-16(6-4-15)14-31-23-20(27)11-17(12-21(23)30-2)13-22-24(29)28(25(32)33-22)19-9-7-18(26)8-10-19/h3-13H,14H2,1-2H3/b22-13-. The first kappa shape index (κ1) is 24.3. The molecule has 1 heterocycles. The molecule has 1 fully saturated rings. The number of carbonyl (C=O) groups excluding carboxylic acids is 1. The first-order chi connectivity index (χ1) is 15.9. The van der Waals surface area contributed by atoms with E-state index < -0.39 is 0 Å². The van der Waals surface area contributed by atoms with Gasteiger partial charge in [0, 0.05) is 4.47 Å². The number of anilines is 1. The highest BCUT2D eigenvalue weighted by atomic mass is 127. The smallest absolute Gasteiger partial charge is 0.270 e. The Morgan fingerprint density at radius 1 is 1.12 bits per heavy atom. The number of benzene rings is 3. The molecule has 1 saturated heterocycles. The fourth-order valence-electron chi connectivity index (χ4n) is 3.23. The van der Waals surface area contributed by atoms with Crippen molar-refractivity contribution in [3.05, 3.63) is 90.3 Å². The summed E-state index contributed by atoms with van der Waals surface area (Å²) in [5.41, 5.74) is 3.88. The van der Waals surface area contributed by atoms with Crippen molar-refractivity contribution >= 4 is 84.5 Å². The van der Waals surface area contributed by atoms with E-state index in [1.807, 2.05) is 42.5 Å². The Morgan fingerprint density at radius 3 is 2.48 bits per heavy atom. The van der Waals surface area contributed by atoms with Crippen LogP contribution in [0.3, 0.4) is 0 Å². The fraction of sp³-hybridized carbons (Fsp3) is 0.120. The number of nitrogens with zero attached hydrogens (tertiary/aromatic N) is 1. The molecule has 4 rings (SSSR count). The van der Waals surface area contributed by atoms with Crippen molar-refractivity contribution in [1.82, 2.24) is 0 Å². The van der Waals surface area contributed by atoms with E-state index in [1.165, 1.54) is 17.3 Å². The molecule has 1 aliphatic rings. The summed E-state index contributed by atoms with van der Waals surface area (Å²) in [5, 5.41) is 0. The first-order valence-corrected chi connectivity index (χ1v) is 13.0. The molecule has 4 nitrogen and oxygen atoms in total. The van der Waals surface area contributed by atoms with Gasteiger partial charge in [-0.25, -0.2) is 0 Å². The predicted molar refractivity (Wildman–Crippen MR) is 151 cm³/mol. The number of aryl methyl sites for hydroxylation is 1. The van der Waals surface area contributed by atoms with Gasteiger partial charge in [0.25, 0.3) is 5.91 Å². The number of amides is 1. The lowest BCUT2D eigenvalue weighted by Crippen LogP contribution is -2.27. The zero-order valence-corrected chi connectivity index (χ0v) is 23.2. The maximum atomic E-state index is 13.1. The van der Waals surface area contributed by atoms with Crippen LogP contribution in [0.1, 0.15) is 16.7 Å². The highest BCUT2D eigenvalue weighted by Gasteiger charge is 2.33. The van der Waals surface area contributed by atoms with Crippen molar-refractivity contribution in [3.8, 4) is 11.5 Å². The van der Waals surface area contributed by atoms with E-state index in [2.05, 4.69) is 69.7 Å². The van der Waals surface area contributed by atoms with E-state index in [0.717, 1.165) is 24.9 Å². The second kappa shape index (κ2) is 10.6. The Balaban J connectivity index is 1.57. The van der Waals surface area contributed by atoms with Crippen LogP contribution in [0.5, 0.6) is 11.5 Å². The minimum absolute atomic E-state index is 0.138. The molecule has 3 aromatic carbocycles. The lowest BCUT2D eigenvalue weighted by molar-refractivity contribution is -0.113. The van der Waals surface area contributed by atoms with Gasteiger partial charge in [0.05, 0.1) is 21.3 Å². The number of halogens is 2. The van der Waals surface area contributed by atoms with Gasteiger partial charge >= 0.3 is 0 Å². The molecule has 0 aromatic heterocycles. The summed E-state index contributed by atoms with van der Waals surface area (Å²) < 4.78 is 14.0. The zero-order chi connectivity index (χ0) is 23.5. The van der Waals surface area contributed by atoms with Crippen molar-refractivity contribution in [1.29, 1.82) is 0 Å². The normalized spacial score (nSPS) is 14.8. The van der Waals surface area contributed by atoms with Gasteiger partial charge in [0.2, 0.25) is 0 Å². The third-order valence-corrected chi connectivity index (χ3v) is 7.56. The molecular formula is C25H19BrINO3S2. The van der Waals surface area contributed by atoms with Crippen LogP contribution in [0.4, 0.5) is 5.69 Å². The van der Waals surface area contributed by atoms with E-state index in [1.54, 1.807) is 12.0 Å². The van der Waals surface area contributed by atoms with Crippen LogP contribution in [0, 0.1) is 10.5 Å². The quantitative estimate of drug-likeness (QED) is 0.158. The molecule has 0 bridgehead atoms. The van der Waals surface area contributed by atoms with E-state index in [4.69, 9.17) is 21.7 Å². The van der Waals surface area contributed by atoms with Gasteiger partial charge in [0.1, 0.15) is 6.61 Å². The third-order valence-electron chi connectivity index (χ3n) is 4.93. The van der Waals surface area contributed by atoms with Gasteiger partial charge in [-0.3, -0.25) is 9.69 Å². The van der Waals surface area contributed by atoms with Crippen LogP contribution >= 0.6 is 62.5 Å². The molecule has 0 aliphatic carbocycles. The lowest BCUT2D eigenvalue weighted by Gasteiger charge is -2.15. The average molecular weight is 652 g/mol. The zero-order valence-electron chi connectivity index (χ0n) is 17.8. The molecule has 0 N–H and O–H groups in total. The van der Waals surface area contributed by atoms with Gasteiger partial charge in [-0.05, 0) is 83.1 Å².